The molecule has 4 aromatic rings. The van der Waals surface area contributed by atoms with Crippen molar-refractivity contribution in [2.75, 3.05) is 0 Å². The molecule has 0 saturated carbocycles. The molecule has 2 heteroatoms. The van der Waals surface area contributed by atoms with Gasteiger partial charge in [-0.3, -0.25) is 9.97 Å². The summed E-state index contributed by atoms with van der Waals surface area (Å²) in [5.74, 6) is 0. The molecule has 130 valence electrons. The molecule has 0 saturated heterocycles. The van der Waals surface area contributed by atoms with Crippen LogP contribution >= 0.6 is 0 Å². The molecule has 0 bridgehead atoms. The van der Waals surface area contributed by atoms with Crippen LogP contribution in [0.1, 0.15) is 12.5 Å². The minimum absolute atomic E-state index is 0.935. The van der Waals surface area contributed by atoms with Crippen molar-refractivity contribution in [3.63, 3.8) is 0 Å². The quantitative estimate of drug-likeness (QED) is 0.307. The van der Waals surface area contributed by atoms with Gasteiger partial charge in [0.15, 0.2) is 0 Å². The minimum Gasteiger partial charge on any atom is -0.254 e. The van der Waals surface area contributed by atoms with Crippen LogP contribution in [0, 0.1) is 0 Å². The second-order valence-electron chi connectivity index (χ2n) is 6.25. The van der Waals surface area contributed by atoms with E-state index in [0.717, 1.165) is 27.4 Å². The van der Waals surface area contributed by atoms with Gasteiger partial charge in [-0.2, -0.15) is 0 Å². The van der Waals surface area contributed by atoms with Gasteiger partial charge >= 0.3 is 0 Å². The van der Waals surface area contributed by atoms with E-state index in [4.69, 9.17) is 0 Å². The van der Waals surface area contributed by atoms with Crippen molar-refractivity contribution < 1.29 is 0 Å². The van der Waals surface area contributed by atoms with Gasteiger partial charge in [0.25, 0.3) is 0 Å². The molecule has 0 fully saturated rings. The standard InChI is InChI=1S/C25H20N2/c1-2-3-4-5-7-12-20-15-17-26-24-22(20)13-14-23-21(16-18-27-25(23)24)19-10-8-6-9-11-19/h2-18H,1H3/b3-2-,5-4-,12-7+. The monoisotopic (exact) mass is 348 g/mol. The van der Waals surface area contributed by atoms with Gasteiger partial charge in [-0.1, -0.05) is 78.9 Å². The molecular weight excluding hydrogens is 328 g/mol. The Morgan fingerprint density at radius 1 is 0.667 bits per heavy atom. The predicted octanol–water partition coefficient (Wildman–Crippen LogP) is 6.60. The Bertz CT molecular complexity index is 1170. The molecule has 0 atom stereocenters. The summed E-state index contributed by atoms with van der Waals surface area (Å²) in [5, 5.41) is 2.23. The summed E-state index contributed by atoms with van der Waals surface area (Å²) >= 11 is 0. The van der Waals surface area contributed by atoms with Gasteiger partial charge in [0.05, 0.1) is 11.0 Å². The van der Waals surface area contributed by atoms with Crippen LogP contribution in [0.5, 0.6) is 0 Å². The Morgan fingerprint density at radius 3 is 2.19 bits per heavy atom. The highest BCUT2D eigenvalue weighted by atomic mass is 14.7. The van der Waals surface area contributed by atoms with E-state index in [1.807, 2.05) is 61.8 Å². The maximum atomic E-state index is 4.65. The summed E-state index contributed by atoms with van der Waals surface area (Å²) < 4.78 is 0. The zero-order valence-electron chi connectivity index (χ0n) is 15.2. The van der Waals surface area contributed by atoms with Crippen LogP contribution in [-0.2, 0) is 0 Å². The third-order valence-electron chi connectivity index (χ3n) is 4.54. The van der Waals surface area contributed by atoms with Crippen LogP contribution in [0.15, 0.2) is 97.4 Å². The molecule has 2 heterocycles. The van der Waals surface area contributed by atoms with E-state index in [2.05, 4.69) is 58.5 Å². The van der Waals surface area contributed by atoms with Crippen molar-refractivity contribution in [1.29, 1.82) is 0 Å². The van der Waals surface area contributed by atoms with Crippen LogP contribution < -0.4 is 0 Å². The molecule has 2 aromatic heterocycles. The number of nitrogens with zero attached hydrogens (tertiary/aromatic N) is 2. The molecule has 0 N–H and O–H groups in total. The molecule has 0 aliphatic carbocycles. The van der Waals surface area contributed by atoms with Crippen LogP contribution in [0.2, 0.25) is 0 Å². The topological polar surface area (TPSA) is 25.8 Å². The number of hydrogen-bond donors (Lipinski definition) is 0. The Labute approximate surface area is 159 Å². The number of rotatable bonds is 4. The summed E-state index contributed by atoms with van der Waals surface area (Å²) in [5.41, 5.74) is 5.38. The Balaban J connectivity index is 1.87. The molecule has 0 aliphatic rings. The van der Waals surface area contributed by atoms with Gasteiger partial charge < -0.3 is 0 Å². The van der Waals surface area contributed by atoms with Gasteiger partial charge in [0.1, 0.15) is 0 Å². The molecule has 0 unspecified atom stereocenters. The lowest BCUT2D eigenvalue weighted by Gasteiger charge is -2.09. The molecular formula is C25H20N2. The maximum Gasteiger partial charge on any atom is 0.0970 e. The summed E-state index contributed by atoms with van der Waals surface area (Å²) in [6.45, 7) is 2.01. The highest BCUT2D eigenvalue weighted by molar-refractivity contribution is 6.09. The number of pyridine rings is 2. The van der Waals surface area contributed by atoms with Gasteiger partial charge in [0.2, 0.25) is 0 Å². The number of fused-ring (bicyclic) bond motifs is 3. The van der Waals surface area contributed by atoms with Crippen LogP contribution in [0.3, 0.4) is 0 Å². The van der Waals surface area contributed by atoms with Crippen LogP contribution in [0.4, 0.5) is 0 Å². The van der Waals surface area contributed by atoms with Crippen LogP contribution in [0.25, 0.3) is 39.0 Å². The van der Waals surface area contributed by atoms with E-state index in [-0.39, 0.29) is 0 Å². The largest absolute Gasteiger partial charge is 0.254 e. The number of allylic oxidation sites excluding steroid dienone is 5. The summed E-state index contributed by atoms with van der Waals surface area (Å²) in [4.78, 5) is 9.28. The van der Waals surface area contributed by atoms with Crippen molar-refractivity contribution in [2.24, 2.45) is 0 Å². The van der Waals surface area contributed by atoms with Crippen LogP contribution in [-0.4, -0.2) is 9.97 Å². The molecule has 2 aromatic carbocycles. The second kappa shape index (κ2) is 7.79. The fraction of sp³-hybridized carbons (Fsp3) is 0.0400. The number of aromatic nitrogens is 2. The molecule has 0 aliphatic heterocycles. The lowest BCUT2D eigenvalue weighted by Crippen LogP contribution is -1.89. The van der Waals surface area contributed by atoms with Crippen molar-refractivity contribution >= 4 is 27.9 Å². The molecule has 27 heavy (non-hydrogen) atoms. The number of benzene rings is 2. The fourth-order valence-electron chi connectivity index (χ4n) is 3.26. The van der Waals surface area contributed by atoms with Crippen molar-refractivity contribution in [1.82, 2.24) is 9.97 Å². The summed E-state index contributed by atoms with van der Waals surface area (Å²) in [6, 6.07) is 18.8. The van der Waals surface area contributed by atoms with E-state index < -0.39 is 0 Å². The van der Waals surface area contributed by atoms with E-state index in [1.165, 1.54) is 11.1 Å². The molecule has 2 nitrogen and oxygen atoms in total. The molecule has 0 spiro atoms. The Hall–Kier alpha value is -3.52. The maximum absolute atomic E-state index is 4.65. The number of hydrogen-bond acceptors (Lipinski definition) is 2. The van der Waals surface area contributed by atoms with E-state index >= 15 is 0 Å². The minimum atomic E-state index is 0.935. The molecule has 4 rings (SSSR count). The zero-order valence-corrected chi connectivity index (χ0v) is 15.2. The Morgan fingerprint density at radius 2 is 1.37 bits per heavy atom. The highest BCUT2D eigenvalue weighted by Crippen LogP contribution is 2.32. The summed E-state index contributed by atoms with van der Waals surface area (Å²) in [7, 11) is 0. The lowest BCUT2D eigenvalue weighted by atomic mass is 9.98. The van der Waals surface area contributed by atoms with Crippen molar-refractivity contribution in [3.05, 3.63) is 103 Å². The van der Waals surface area contributed by atoms with Gasteiger partial charge in [-0.05, 0) is 35.7 Å². The summed E-state index contributed by atoms with van der Waals surface area (Å²) in [6.07, 6.45) is 15.9. The highest BCUT2D eigenvalue weighted by Gasteiger charge is 2.09. The average molecular weight is 348 g/mol. The smallest absolute Gasteiger partial charge is 0.0970 e. The first-order valence-corrected chi connectivity index (χ1v) is 9.06. The first-order valence-electron chi connectivity index (χ1n) is 9.06. The van der Waals surface area contributed by atoms with Crippen molar-refractivity contribution in [3.8, 4) is 11.1 Å². The van der Waals surface area contributed by atoms with Gasteiger partial charge in [0, 0.05) is 23.2 Å². The Kier molecular flexibility index (Phi) is 4.88. The average Bonchev–Trinajstić information content (AvgIpc) is 2.73. The van der Waals surface area contributed by atoms with Gasteiger partial charge in [-0.25, -0.2) is 0 Å². The van der Waals surface area contributed by atoms with Crippen molar-refractivity contribution in [2.45, 2.75) is 6.92 Å². The molecule has 0 amide bonds. The van der Waals surface area contributed by atoms with E-state index in [1.54, 1.807) is 0 Å². The fourth-order valence-corrected chi connectivity index (χ4v) is 3.26. The van der Waals surface area contributed by atoms with Gasteiger partial charge in [-0.15, -0.1) is 0 Å². The first-order chi connectivity index (χ1) is 13.4. The van der Waals surface area contributed by atoms with E-state index in [0.29, 0.717) is 0 Å². The molecule has 0 radical (unpaired) electrons. The normalized spacial score (nSPS) is 12.2. The third kappa shape index (κ3) is 3.42. The van der Waals surface area contributed by atoms with E-state index in [9.17, 15) is 0 Å². The third-order valence-corrected chi connectivity index (χ3v) is 4.54. The SMILES string of the molecule is C\C=C/C=C\C=C\c1ccnc2c1ccc1c(-c3ccccc3)ccnc12. The second-order valence-corrected chi connectivity index (χ2v) is 6.25. The zero-order chi connectivity index (χ0) is 18.5. The predicted molar refractivity (Wildman–Crippen MR) is 115 cm³/mol. The first kappa shape index (κ1) is 16.9. The lowest BCUT2D eigenvalue weighted by molar-refractivity contribution is 1.37.